The Bertz CT molecular complexity index is 348. The highest BCUT2D eigenvalue weighted by atomic mass is 16.4. The van der Waals surface area contributed by atoms with Gasteiger partial charge in [0.1, 0.15) is 0 Å². The molecule has 0 saturated heterocycles. The first-order valence-corrected chi connectivity index (χ1v) is 5.95. The second kappa shape index (κ2) is 6.40. The van der Waals surface area contributed by atoms with Gasteiger partial charge in [-0.2, -0.15) is 0 Å². The van der Waals surface area contributed by atoms with E-state index in [9.17, 15) is 9.90 Å². The Morgan fingerprint density at radius 1 is 1.24 bits per heavy atom. The van der Waals surface area contributed by atoms with Gasteiger partial charge in [-0.1, -0.05) is 44.2 Å². The summed E-state index contributed by atoms with van der Waals surface area (Å²) in [6.07, 6.45) is 0.513. The predicted octanol–water partition coefficient (Wildman–Crippen LogP) is 2.34. The molecule has 0 bridgehead atoms. The highest BCUT2D eigenvalue weighted by Gasteiger charge is 2.21. The van der Waals surface area contributed by atoms with Gasteiger partial charge in [0.25, 0.3) is 0 Å². The van der Waals surface area contributed by atoms with Crippen LogP contribution in [0.5, 0.6) is 0 Å². The van der Waals surface area contributed by atoms with Gasteiger partial charge in [-0.15, -0.1) is 0 Å². The fraction of sp³-hybridized carbons (Fsp3) is 0.500. The summed E-state index contributed by atoms with van der Waals surface area (Å²) < 4.78 is 0. The molecular formula is C14H20O3. The molecule has 0 fully saturated rings. The second-order valence-electron chi connectivity index (χ2n) is 4.71. The predicted molar refractivity (Wildman–Crippen MR) is 66.7 cm³/mol. The number of aliphatic hydroxyl groups excluding tert-OH is 1. The summed E-state index contributed by atoms with van der Waals surface area (Å²) in [6.45, 7) is 3.58. The lowest BCUT2D eigenvalue weighted by Gasteiger charge is -2.20. The summed E-state index contributed by atoms with van der Waals surface area (Å²) in [7, 11) is 0. The zero-order valence-corrected chi connectivity index (χ0v) is 10.3. The van der Waals surface area contributed by atoms with Gasteiger partial charge in [0, 0.05) is 0 Å². The van der Waals surface area contributed by atoms with E-state index < -0.39 is 18.0 Å². The largest absolute Gasteiger partial charge is 0.481 e. The molecule has 94 valence electrons. The van der Waals surface area contributed by atoms with E-state index in [0.717, 1.165) is 6.42 Å². The summed E-state index contributed by atoms with van der Waals surface area (Å²) in [5.74, 6) is -1.28. The molecule has 17 heavy (non-hydrogen) atoms. The van der Waals surface area contributed by atoms with Crippen molar-refractivity contribution in [3.05, 3.63) is 35.9 Å². The van der Waals surface area contributed by atoms with Crippen LogP contribution < -0.4 is 0 Å². The molecule has 0 aromatic heterocycles. The van der Waals surface area contributed by atoms with E-state index in [4.69, 9.17) is 5.11 Å². The van der Waals surface area contributed by atoms with Crippen molar-refractivity contribution in [2.75, 3.05) is 0 Å². The smallest absolute Gasteiger partial charge is 0.306 e. The topological polar surface area (TPSA) is 57.5 Å². The maximum atomic E-state index is 10.7. The molecule has 0 saturated carbocycles. The number of carboxylic acids is 1. The van der Waals surface area contributed by atoms with Crippen LogP contribution in [0.25, 0.3) is 0 Å². The fourth-order valence-corrected chi connectivity index (χ4v) is 1.82. The van der Waals surface area contributed by atoms with Crippen molar-refractivity contribution in [1.29, 1.82) is 0 Å². The molecule has 3 unspecified atom stereocenters. The van der Waals surface area contributed by atoms with Crippen LogP contribution in [0.3, 0.4) is 0 Å². The minimum Gasteiger partial charge on any atom is -0.481 e. The quantitative estimate of drug-likeness (QED) is 0.797. The molecule has 1 aromatic carbocycles. The van der Waals surface area contributed by atoms with Crippen molar-refractivity contribution in [2.45, 2.75) is 32.8 Å². The molecular weight excluding hydrogens is 216 g/mol. The summed E-state index contributed by atoms with van der Waals surface area (Å²) in [5.41, 5.74) is 1.17. The third-order valence-corrected chi connectivity index (χ3v) is 3.07. The number of rotatable bonds is 6. The van der Waals surface area contributed by atoms with Crippen LogP contribution in [0.15, 0.2) is 30.3 Å². The van der Waals surface area contributed by atoms with E-state index in [1.54, 1.807) is 6.92 Å². The van der Waals surface area contributed by atoms with Crippen molar-refractivity contribution in [1.82, 2.24) is 0 Å². The fourth-order valence-electron chi connectivity index (χ4n) is 1.82. The van der Waals surface area contributed by atoms with Crippen LogP contribution in [-0.2, 0) is 11.2 Å². The lowest BCUT2D eigenvalue weighted by atomic mass is 9.90. The van der Waals surface area contributed by atoms with Crippen molar-refractivity contribution in [2.24, 2.45) is 11.8 Å². The average molecular weight is 236 g/mol. The number of carboxylic acid groups (broad SMARTS) is 1. The molecule has 0 aliphatic rings. The number of hydrogen-bond donors (Lipinski definition) is 2. The molecule has 0 spiro atoms. The van der Waals surface area contributed by atoms with Crippen LogP contribution in [0.4, 0.5) is 0 Å². The lowest BCUT2D eigenvalue weighted by molar-refractivity contribution is -0.142. The van der Waals surface area contributed by atoms with E-state index in [0.29, 0.717) is 6.42 Å². The molecule has 1 rings (SSSR count). The third-order valence-electron chi connectivity index (χ3n) is 3.07. The number of benzene rings is 1. The Labute approximate surface area is 102 Å². The normalized spacial score (nSPS) is 16.2. The van der Waals surface area contributed by atoms with Crippen LogP contribution in [0.2, 0.25) is 0 Å². The summed E-state index contributed by atoms with van der Waals surface area (Å²) in [5, 5.41) is 18.7. The van der Waals surface area contributed by atoms with Gasteiger partial charge >= 0.3 is 5.97 Å². The number of aliphatic carboxylic acids is 1. The minimum absolute atomic E-state index is 0.0687. The van der Waals surface area contributed by atoms with Gasteiger partial charge in [0.15, 0.2) is 0 Å². The SMILES string of the molecule is CC(CC(O)C(C)Cc1ccccc1)C(=O)O. The number of aliphatic hydroxyl groups is 1. The molecule has 0 amide bonds. The summed E-state index contributed by atoms with van der Waals surface area (Å²) in [4.78, 5) is 10.7. The van der Waals surface area contributed by atoms with E-state index in [-0.39, 0.29) is 5.92 Å². The molecule has 3 atom stereocenters. The number of hydrogen-bond acceptors (Lipinski definition) is 2. The monoisotopic (exact) mass is 236 g/mol. The Morgan fingerprint density at radius 2 is 1.82 bits per heavy atom. The molecule has 0 heterocycles. The van der Waals surface area contributed by atoms with E-state index in [2.05, 4.69) is 0 Å². The molecule has 3 heteroatoms. The van der Waals surface area contributed by atoms with Gasteiger partial charge in [-0.25, -0.2) is 0 Å². The van der Waals surface area contributed by atoms with Crippen molar-refractivity contribution >= 4 is 5.97 Å². The molecule has 2 N–H and O–H groups in total. The Kier molecular flexibility index (Phi) is 5.16. The van der Waals surface area contributed by atoms with Gasteiger partial charge in [-0.05, 0) is 24.3 Å². The van der Waals surface area contributed by atoms with Gasteiger partial charge in [-0.3, -0.25) is 4.79 Å². The molecule has 0 aliphatic carbocycles. The standard InChI is InChI=1S/C14H20O3/c1-10(8-12-6-4-3-5-7-12)13(15)9-11(2)14(16)17/h3-7,10-11,13,15H,8-9H2,1-2H3,(H,16,17). The van der Waals surface area contributed by atoms with Crippen molar-refractivity contribution < 1.29 is 15.0 Å². The second-order valence-corrected chi connectivity index (χ2v) is 4.71. The van der Waals surface area contributed by atoms with Gasteiger partial charge in [0.2, 0.25) is 0 Å². The van der Waals surface area contributed by atoms with Crippen LogP contribution >= 0.6 is 0 Å². The number of carbonyl (C=O) groups is 1. The first-order valence-electron chi connectivity index (χ1n) is 5.95. The van der Waals surface area contributed by atoms with Gasteiger partial charge < -0.3 is 10.2 Å². The highest BCUT2D eigenvalue weighted by molar-refractivity contribution is 5.69. The van der Waals surface area contributed by atoms with E-state index >= 15 is 0 Å². The maximum Gasteiger partial charge on any atom is 0.306 e. The molecule has 3 nitrogen and oxygen atoms in total. The van der Waals surface area contributed by atoms with Crippen LogP contribution in [0, 0.1) is 11.8 Å². The van der Waals surface area contributed by atoms with Crippen LogP contribution in [-0.4, -0.2) is 22.3 Å². The average Bonchev–Trinajstić information content (AvgIpc) is 2.29. The van der Waals surface area contributed by atoms with Crippen molar-refractivity contribution in [3.63, 3.8) is 0 Å². The van der Waals surface area contributed by atoms with Crippen LogP contribution in [0.1, 0.15) is 25.8 Å². The van der Waals surface area contributed by atoms with Crippen molar-refractivity contribution in [3.8, 4) is 0 Å². The summed E-state index contributed by atoms with van der Waals surface area (Å²) >= 11 is 0. The highest BCUT2D eigenvalue weighted by Crippen LogP contribution is 2.18. The maximum absolute atomic E-state index is 10.7. The Hall–Kier alpha value is -1.35. The lowest BCUT2D eigenvalue weighted by Crippen LogP contribution is -2.25. The first kappa shape index (κ1) is 13.7. The minimum atomic E-state index is -0.851. The molecule has 1 aromatic rings. The molecule has 0 radical (unpaired) electrons. The van der Waals surface area contributed by atoms with E-state index in [1.807, 2.05) is 37.3 Å². The first-order chi connectivity index (χ1) is 8.00. The molecule has 0 aliphatic heterocycles. The zero-order valence-electron chi connectivity index (χ0n) is 10.3. The Morgan fingerprint density at radius 3 is 2.35 bits per heavy atom. The van der Waals surface area contributed by atoms with Gasteiger partial charge in [0.05, 0.1) is 12.0 Å². The van der Waals surface area contributed by atoms with E-state index in [1.165, 1.54) is 5.56 Å². The Balaban J connectivity index is 2.47. The zero-order chi connectivity index (χ0) is 12.8. The summed E-state index contributed by atoms with van der Waals surface area (Å²) in [6, 6.07) is 9.92. The third kappa shape index (κ3) is 4.57.